The summed E-state index contributed by atoms with van der Waals surface area (Å²) in [7, 11) is 0. The van der Waals surface area contributed by atoms with Crippen molar-refractivity contribution in [2.45, 2.75) is 85.2 Å². The number of piperidine rings is 1. The molecule has 0 saturated carbocycles. The molecule has 0 aromatic rings. The highest BCUT2D eigenvalue weighted by molar-refractivity contribution is 4.95. The van der Waals surface area contributed by atoms with Crippen LogP contribution in [0.2, 0.25) is 0 Å². The van der Waals surface area contributed by atoms with Gasteiger partial charge in [-0.2, -0.15) is 0 Å². The quantitative estimate of drug-likeness (QED) is 0.682. The summed E-state index contributed by atoms with van der Waals surface area (Å²) < 4.78 is 0. The molecule has 1 fully saturated rings. The molecule has 0 radical (unpaired) electrons. The zero-order valence-corrected chi connectivity index (χ0v) is 11.9. The maximum atomic E-state index is 3.66. The molecule has 0 bridgehead atoms. The van der Waals surface area contributed by atoms with E-state index in [0.29, 0.717) is 11.1 Å². The van der Waals surface area contributed by atoms with Crippen LogP contribution in [0.3, 0.4) is 0 Å². The van der Waals surface area contributed by atoms with Crippen molar-refractivity contribution in [2.75, 3.05) is 0 Å². The fourth-order valence-corrected chi connectivity index (χ4v) is 2.83. The van der Waals surface area contributed by atoms with Gasteiger partial charge in [-0.1, -0.05) is 33.6 Å². The number of hydrogen-bond acceptors (Lipinski definition) is 1. The molecule has 1 aliphatic heterocycles. The minimum atomic E-state index is 0.334. The van der Waals surface area contributed by atoms with Gasteiger partial charge in [0, 0.05) is 11.1 Å². The molecule has 1 heteroatoms. The van der Waals surface area contributed by atoms with Gasteiger partial charge in [0.25, 0.3) is 0 Å². The topological polar surface area (TPSA) is 12.0 Å². The molecule has 92 valence electrons. The highest BCUT2D eigenvalue weighted by atomic mass is 15.0. The van der Waals surface area contributed by atoms with Gasteiger partial charge in [0.05, 0.1) is 0 Å². The van der Waals surface area contributed by atoms with Crippen LogP contribution in [0.25, 0.3) is 0 Å². The Hall–Kier alpha value is -0.0400. The fourth-order valence-electron chi connectivity index (χ4n) is 2.83. The van der Waals surface area contributed by atoms with Gasteiger partial charge in [-0.25, -0.2) is 0 Å². The van der Waals surface area contributed by atoms with E-state index in [0.717, 1.165) is 5.92 Å². The van der Waals surface area contributed by atoms with E-state index in [-0.39, 0.29) is 0 Å². The van der Waals surface area contributed by atoms with Crippen molar-refractivity contribution in [3.63, 3.8) is 0 Å². The van der Waals surface area contributed by atoms with Crippen molar-refractivity contribution < 1.29 is 0 Å². The predicted octanol–water partition coefficient (Wildman–Crippen LogP) is 4.37. The largest absolute Gasteiger partial charge is 0.307 e. The Balaban J connectivity index is 0.000000423. The third-order valence-electron chi connectivity index (χ3n) is 2.89. The molecule has 1 heterocycles. The molecule has 0 unspecified atom stereocenters. The molecule has 1 nitrogen and oxygen atoms in total. The van der Waals surface area contributed by atoms with Crippen molar-refractivity contribution in [2.24, 2.45) is 5.92 Å². The number of nitrogens with one attached hydrogen (secondary N) is 1. The van der Waals surface area contributed by atoms with Crippen molar-refractivity contribution in [1.82, 2.24) is 5.32 Å². The van der Waals surface area contributed by atoms with Crippen LogP contribution < -0.4 is 5.32 Å². The Morgan fingerprint density at radius 2 is 1.27 bits per heavy atom. The molecule has 0 aliphatic carbocycles. The first-order chi connectivity index (χ1) is 6.72. The summed E-state index contributed by atoms with van der Waals surface area (Å²) in [5.41, 5.74) is 0.669. The summed E-state index contributed by atoms with van der Waals surface area (Å²) in [6, 6.07) is 0. The summed E-state index contributed by atoms with van der Waals surface area (Å²) in [6.07, 6.45) is 5.24. The Morgan fingerprint density at radius 1 is 0.933 bits per heavy atom. The van der Waals surface area contributed by atoms with Crippen LogP contribution >= 0.6 is 0 Å². The lowest BCUT2D eigenvalue weighted by molar-refractivity contribution is 0.138. The van der Waals surface area contributed by atoms with Gasteiger partial charge in [0.15, 0.2) is 0 Å². The highest BCUT2D eigenvalue weighted by Crippen LogP contribution is 2.31. The second-order valence-corrected chi connectivity index (χ2v) is 6.41. The van der Waals surface area contributed by atoms with Crippen LogP contribution in [0, 0.1) is 5.92 Å². The van der Waals surface area contributed by atoms with Crippen molar-refractivity contribution in [1.29, 1.82) is 0 Å². The first-order valence-electron chi connectivity index (χ1n) is 6.52. The predicted molar refractivity (Wildman–Crippen MR) is 70.3 cm³/mol. The third-order valence-corrected chi connectivity index (χ3v) is 2.89. The van der Waals surface area contributed by atoms with Crippen molar-refractivity contribution in [3.05, 3.63) is 0 Å². The van der Waals surface area contributed by atoms with Crippen LogP contribution in [-0.2, 0) is 0 Å². The second kappa shape index (κ2) is 5.89. The van der Waals surface area contributed by atoms with E-state index in [2.05, 4.69) is 53.8 Å². The molecule has 0 atom stereocenters. The Bertz CT molecular complexity index is 152. The molecule has 0 spiro atoms. The first kappa shape index (κ1) is 15.0. The molecule has 1 aliphatic rings. The summed E-state index contributed by atoms with van der Waals surface area (Å²) in [5.74, 6) is 0.862. The van der Waals surface area contributed by atoms with Gasteiger partial charge < -0.3 is 5.32 Å². The molecular formula is C14H31N. The van der Waals surface area contributed by atoms with Gasteiger partial charge >= 0.3 is 0 Å². The molecule has 1 rings (SSSR count). The highest BCUT2D eigenvalue weighted by Gasteiger charge is 2.35. The second-order valence-electron chi connectivity index (χ2n) is 6.41. The molecule has 0 aromatic heterocycles. The van der Waals surface area contributed by atoms with Gasteiger partial charge in [0.1, 0.15) is 0 Å². The van der Waals surface area contributed by atoms with E-state index in [4.69, 9.17) is 0 Å². The smallest absolute Gasteiger partial charge is 0.0132 e. The lowest BCUT2D eigenvalue weighted by atomic mass is 9.77. The van der Waals surface area contributed by atoms with E-state index in [1.165, 1.54) is 25.7 Å². The van der Waals surface area contributed by atoms with Crippen LogP contribution in [0.15, 0.2) is 0 Å². The molecule has 1 saturated heterocycles. The zero-order chi connectivity index (χ0) is 12.1. The molecule has 0 amide bonds. The van der Waals surface area contributed by atoms with Crippen LogP contribution in [0.4, 0.5) is 0 Å². The number of hydrogen-bond donors (Lipinski definition) is 1. The van der Waals surface area contributed by atoms with E-state index < -0.39 is 0 Å². The monoisotopic (exact) mass is 213 g/mol. The SMILES string of the molecule is CC1CC(C)(C)NC(C)(C)C1.CCCC. The van der Waals surface area contributed by atoms with Crippen LogP contribution in [-0.4, -0.2) is 11.1 Å². The average molecular weight is 213 g/mol. The number of unbranched alkanes of at least 4 members (excludes halogenated alkanes) is 1. The van der Waals surface area contributed by atoms with E-state index in [9.17, 15) is 0 Å². The Morgan fingerprint density at radius 3 is 1.47 bits per heavy atom. The van der Waals surface area contributed by atoms with Crippen LogP contribution in [0.5, 0.6) is 0 Å². The summed E-state index contributed by atoms with van der Waals surface area (Å²) >= 11 is 0. The maximum absolute atomic E-state index is 3.66. The van der Waals surface area contributed by atoms with Gasteiger partial charge in [-0.15, -0.1) is 0 Å². The summed E-state index contributed by atoms with van der Waals surface area (Å²) in [6.45, 7) is 15.9. The molecule has 15 heavy (non-hydrogen) atoms. The maximum Gasteiger partial charge on any atom is 0.0132 e. The lowest BCUT2D eigenvalue weighted by Crippen LogP contribution is -2.57. The van der Waals surface area contributed by atoms with E-state index >= 15 is 0 Å². The third kappa shape index (κ3) is 6.94. The average Bonchev–Trinajstić information content (AvgIpc) is 1.97. The minimum Gasteiger partial charge on any atom is -0.307 e. The van der Waals surface area contributed by atoms with Crippen molar-refractivity contribution >= 4 is 0 Å². The van der Waals surface area contributed by atoms with E-state index in [1.54, 1.807) is 0 Å². The van der Waals surface area contributed by atoms with Crippen molar-refractivity contribution in [3.8, 4) is 0 Å². The first-order valence-corrected chi connectivity index (χ1v) is 6.52. The van der Waals surface area contributed by atoms with E-state index in [1.807, 2.05) is 0 Å². The Kier molecular flexibility index (Phi) is 5.87. The zero-order valence-electron chi connectivity index (χ0n) is 11.9. The minimum absolute atomic E-state index is 0.334. The summed E-state index contributed by atoms with van der Waals surface area (Å²) in [4.78, 5) is 0. The molecular weight excluding hydrogens is 182 g/mol. The Labute approximate surface area is 97.0 Å². The molecule has 0 aromatic carbocycles. The van der Waals surface area contributed by atoms with Crippen LogP contribution in [0.1, 0.15) is 74.1 Å². The van der Waals surface area contributed by atoms with Gasteiger partial charge in [0.2, 0.25) is 0 Å². The summed E-state index contributed by atoms with van der Waals surface area (Å²) in [5, 5.41) is 3.66. The molecule has 1 N–H and O–H groups in total. The normalized spacial score (nSPS) is 24.2. The lowest BCUT2D eigenvalue weighted by Gasteiger charge is -2.45. The van der Waals surface area contributed by atoms with Gasteiger partial charge in [-0.3, -0.25) is 0 Å². The standard InChI is InChI=1S/C10H21N.C4H10/c1-8-6-9(2,3)11-10(4,5)7-8;1-3-4-2/h8,11H,6-7H2,1-5H3;3-4H2,1-2H3. The number of rotatable bonds is 1. The van der Waals surface area contributed by atoms with Gasteiger partial charge in [-0.05, 0) is 46.5 Å². The fraction of sp³-hybridized carbons (Fsp3) is 1.00.